The Balaban J connectivity index is 1.55. The van der Waals surface area contributed by atoms with E-state index in [-0.39, 0.29) is 12.0 Å². The van der Waals surface area contributed by atoms with Crippen molar-refractivity contribution in [3.05, 3.63) is 65.7 Å². The van der Waals surface area contributed by atoms with Crippen LogP contribution < -0.4 is 4.74 Å². The number of carbonyl (C=O) groups is 1. The normalized spacial score (nSPS) is 12.3. The van der Waals surface area contributed by atoms with E-state index < -0.39 is 0 Å². The lowest BCUT2D eigenvalue weighted by molar-refractivity contribution is -0.919. The molecular weight excluding hydrogens is 494 g/mol. The van der Waals surface area contributed by atoms with Gasteiger partial charge < -0.3 is 14.0 Å². The largest absolute Gasteiger partial charge is 0.494 e. The van der Waals surface area contributed by atoms with Crippen LogP contribution in [-0.2, 0) is 22.5 Å². The molecule has 2 rings (SSSR count). The van der Waals surface area contributed by atoms with Crippen molar-refractivity contribution in [3.63, 3.8) is 0 Å². The summed E-state index contributed by atoms with van der Waals surface area (Å²) in [5.74, 6) is 0.850. The third kappa shape index (κ3) is 14.3. The van der Waals surface area contributed by atoms with Crippen LogP contribution in [0.2, 0.25) is 0 Å². The molecule has 0 heterocycles. The second kappa shape index (κ2) is 20.5. The summed E-state index contributed by atoms with van der Waals surface area (Å²) in [4.78, 5) is 12.9. The fourth-order valence-electron chi connectivity index (χ4n) is 5.56. The predicted octanol–water partition coefficient (Wildman–Crippen LogP) is 9.30. The third-order valence-electron chi connectivity index (χ3n) is 7.95. The first-order valence-corrected chi connectivity index (χ1v) is 16.2. The molecule has 40 heavy (non-hydrogen) atoms. The highest BCUT2D eigenvalue weighted by atomic mass is 16.5. The maximum atomic E-state index is 12.9. The smallest absolute Gasteiger partial charge is 0.364 e. The summed E-state index contributed by atoms with van der Waals surface area (Å²) in [5, 5.41) is 0. The lowest BCUT2D eigenvalue weighted by Gasteiger charge is -2.36. The van der Waals surface area contributed by atoms with E-state index in [1.54, 1.807) is 0 Å². The van der Waals surface area contributed by atoms with E-state index in [1.807, 2.05) is 24.3 Å². The highest BCUT2D eigenvalue weighted by Gasteiger charge is 2.34. The first kappa shape index (κ1) is 33.9. The Labute approximate surface area is 246 Å². The van der Waals surface area contributed by atoms with Crippen LogP contribution in [-0.4, -0.2) is 43.8 Å². The minimum atomic E-state index is -0.167. The average Bonchev–Trinajstić information content (AvgIpc) is 2.94. The number of benzene rings is 2. The van der Waals surface area contributed by atoms with E-state index in [0.29, 0.717) is 17.7 Å². The molecule has 0 spiro atoms. The van der Waals surface area contributed by atoms with Gasteiger partial charge in [0.15, 0.2) is 6.04 Å². The second-order valence-electron chi connectivity index (χ2n) is 12.0. The molecule has 224 valence electrons. The summed E-state index contributed by atoms with van der Waals surface area (Å²) in [6.07, 6.45) is 18.7. The number of quaternary nitrogens is 1. The Kier molecular flexibility index (Phi) is 17.4. The van der Waals surface area contributed by atoms with Crippen molar-refractivity contribution in [3.8, 4) is 5.75 Å². The molecule has 0 saturated heterocycles. The minimum Gasteiger partial charge on any atom is -0.494 e. The van der Waals surface area contributed by atoms with Crippen molar-refractivity contribution >= 4 is 5.97 Å². The average molecular weight is 553 g/mol. The Hall–Kier alpha value is -2.33. The lowest BCUT2D eigenvalue weighted by atomic mass is 10.0. The zero-order chi connectivity index (χ0) is 28.9. The van der Waals surface area contributed by atoms with Crippen LogP contribution >= 0.6 is 0 Å². The highest BCUT2D eigenvalue weighted by Crippen LogP contribution is 2.19. The molecule has 0 N–H and O–H groups in total. The molecule has 0 bridgehead atoms. The Morgan fingerprint density at radius 2 is 1.30 bits per heavy atom. The zero-order valence-electron chi connectivity index (χ0n) is 26.2. The van der Waals surface area contributed by atoms with Crippen molar-refractivity contribution in [1.29, 1.82) is 0 Å². The number of nitrogens with zero attached hydrogens (tertiary/aromatic N) is 1. The molecule has 1 unspecified atom stereocenters. The molecule has 0 aliphatic carbocycles. The number of rotatable bonds is 23. The number of ether oxygens (including phenoxy) is 2. The predicted molar refractivity (Wildman–Crippen MR) is 169 cm³/mol. The summed E-state index contributed by atoms with van der Waals surface area (Å²) in [6.45, 7) is 6.25. The molecule has 1 atom stereocenters. The molecule has 4 heteroatoms. The number of aryl methyl sites for hydroxylation is 1. The van der Waals surface area contributed by atoms with Crippen LogP contribution in [0.1, 0.15) is 115 Å². The van der Waals surface area contributed by atoms with E-state index in [0.717, 1.165) is 38.0 Å². The summed E-state index contributed by atoms with van der Waals surface area (Å²) < 4.78 is 12.3. The molecule has 0 aliphatic heterocycles. The Morgan fingerprint density at radius 1 is 0.700 bits per heavy atom. The van der Waals surface area contributed by atoms with Crippen LogP contribution in [0.3, 0.4) is 0 Å². The van der Waals surface area contributed by atoms with Crippen LogP contribution in [0.25, 0.3) is 0 Å². The van der Waals surface area contributed by atoms with Crippen molar-refractivity contribution < 1.29 is 18.8 Å². The van der Waals surface area contributed by atoms with Crippen molar-refractivity contribution in [2.75, 3.05) is 27.3 Å². The Morgan fingerprint density at radius 3 is 1.95 bits per heavy atom. The van der Waals surface area contributed by atoms with Crippen LogP contribution in [0.15, 0.2) is 54.6 Å². The number of carbonyl (C=O) groups excluding carboxylic acids is 1. The van der Waals surface area contributed by atoms with Gasteiger partial charge in [-0.15, -0.1) is 0 Å². The maximum absolute atomic E-state index is 12.9. The van der Waals surface area contributed by atoms with Gasteiger partial charge in [-0.05, 0) is 43.4 Å². The van der Waals surface area contributed by atoms with Gasteiger partial charge in [-0.3, -0.25) is 0 Å². The number of hydrogen-bond donors (Lipinski definition) is 0. The first-order chi connectivity index (χ1) is 19.5. The van der Waals surface area contributed by atoms with Gasteiger partial charge in [0.25, 0.3) is 0 Å². The van der Waals surface area contributed by atoms with Gasteiger partial charge >= 0.3 is 5.97 Å². The fourth-order valence-corrected chi connectivity index (χ4v) is 5.56. The van der Waals surface area contributed by atoms with E-state index in [9.17, 15) is 4.79 Å². The SMILES string of the molecule is CCCCCCCCCCCCCc1cccc(OCCCCOC(=O)C(CC)[N+](C)(C)Cc2ccccc2)c1. The molecule has 0 saturated carbocycles. The van der Waals surface area contributed by atoms with E-state index in [4.69, 9.17) is 9.47 Å². The molecule has 4 nitrogen and oxygen atoms in total. The standard InChI is InChI=1S/C36H58NO3/c1-5-7-8-9-10-11-12-13-14-15-17-23-32-26-22-27-34(30-32)39-28-20-21-29-40-36(38)35(6-2)37(3,4)31-33-24-18-16-19-25-33/h16,18-19,22,24-27,30,35H,5-15,17,20-21,23,28-29,31H2,1-4H3/q+1. The number of esters is 1. The fraction of sp³-hybridized carbons (Fsp3) is 0.639. The van der Waals surface area contributed by atoms with Crippen LogP contribution in [0, 0.1) is 0 Å². The van der Waals surface area contributed by atoms with Gasteiger partial charge in [0.1, 0.15) is 12.3 Å². The van der Waals surface area contributed by atoms with Crippen LogP contribution in [0.5, 0.6) is 5.75 Å². The number of unbranched alkanes of at least 4 members (excludes halogenated alkanes) is 11. The van der Waals surface area contributed by atoms with Gasteiger partial charge in [0.05, 0.1) is 27.3 Å². The van der Waals surface area contributed by atoms with E-state index in [1.165, 1.54) is 81.8 Å². The topological polar surface area (TPSA) is 35.5 Å². The van der Waals surface area contributed by atoms with Gasteiger partial charge in [0.2, 0.25) is 0 Å². The van der Waals surface area contributed by atoms with Gasteiger partial charge in [-0.1, -0.05) is 121 Å². The number of likely N-dealkylation sites (N-methyl/N-ethyl adjacent to an activating group) is 1. The molecule has 0 amide bonds. The Bertz CT molecular complexity index is 911. The summed E-state index contributed by atoms with van der Waals surface area (Å²) in [7, 11) is 4.23. The zero-order valence-corrected chi connectivity index (χ0v) is 26.2. The van der Waals surface area contributed by atoms with Crippen molar-refractivity contribution in [1.82, 2.24) is 0 Å². The third-order valence-corrected chi connectivity index (χ3v) is 7.95. The molecule has 0 fully saturated rings. The molecule has 0 radical (unpaired) electrons. The van der Waals surface area contributed by atoms with Crippen molar-refractivity contribution in [2.45, 2.75) is 123 Å². The molecular formula is C36H58NO3+. The van der Waals surface area contributed by atoms with Gasteiger partial charge in [-0.25, -0.2) is 4.79 Å². The summed E-state index contributed by atoms with van der Waals surface area (Å²) >= 11 is 0. The first-order valence-electron chi connectivity index (χ1n) is 16.2. The van der Waals surface area contributed by atoms with Crippen molar-refractivity contribution in [2.24, 2.45) is 0 Å². The number of hydrogen-bond acceptors (Lipinski definition) is 3. The second-order valence-corrected chi connectivity index (χ2v) is 12.0. The summed E-state index contributed by atoms with van der Waals surface area (Å²) in [6, 6.07) is 18.7. The molecule has 0 aromatic heterocycles. The minimum absolute atomic E-state index is 0.0977. The van der Waals surface area contributed by atoms with Gasteiger partial charge in [-0.2, -0.15) is 0 Å². The molecule has 0 aliphatic rings. The molecule has 2 aromatic rings. The van der Waals surface area contributed by atoms with E-state index in [2.05, 4.69) is 58.3 Å². The van der Waals surface area contributed by atoms with Crippen LogP contribution in [0.4, 0.5) is 0 Å². The molecule has 2 aromatic carbocycles. The quantitative estimate of drug-likeness (QED) is 0.0783. The monoisotopic (exact) mass is 552 g/mol. The summed E-state index contributed by atoms with van der Waals surface area (Å²) in [5.41, 5.74) is 2.60. The maximum Gasteiger partial charge on any atom is 0.364 e. The highest BCUT2D eigenvalue weighted by molar-refractivity contribution is 5.74. The van der Waals surface area contributed by atoms with Gasteiger partial charge in [0, 0.05) is 12.0 Å². The lowest BCUT2D eigenvalue weighted by Crippen LogP contribution is -2.52. The van der Waals surface area contributed by atoms with E-state index >= 15 is 0 Å².